The van der Waals surface area contributed by atoms with Crippen LogP contribution in [0.2, 0.25) is 0 Å². The van der Waals surface area contributed by atoms with E-state index in [1.807, 2.05) is 0 Å². The van der Waals surface area contributed by atoms with Crippen LogP contribution in [0.15, 0.2) is 29.3 Å². The Morgan fingerprint density at radius 1 is 1.50 bits per heavy atom. The van der Waals surface area contributed by atoms with E-state index in [1.165, 1.54) is 34.2 Å². The van der Waals surface area contributed by atoms with E-state index in [0.29, 0.717) is 0 Å². The fraction of sp³-hybridized carbons (Fsp3) is 0.333. The van der Waals surface area contributed by atoms with Gasteiger partial charge in [-0.25, -0.2) is 4.98 Å². The van der Waals surface area contributed by atoms with Crippen molar-refractivity contribution in [2.75, 3.05) is 11.9 Å². The van der Waals surface area contributed by atoms with Crippen molar-refractivity contribution in [3.63, 3.8) is 0 Å². The first kappa shape index (κ1) is 14.2. The van der Waals surface area contributed by atoms with Gasteiger partial charge in [0.25, 0.3) is 11.2 Å². The third-order valence-electron chi connectivity index (χ3n) is 2.58. The minimum absolute atomic E-state index is 0.0987. The second-order valence-electron chi connectivity index (χ2n) is 4.17. The lowest BCUT2D eigenvalue weighted by Gasteiger charge is -2.02. The zero-order valence-electron chi connectivity index (χ0n) is 10.9. The van der Waals surface area contributed by atoms with Crippen LogP contribution in [-0.2, 0) is 6.54 Å². The lowest BCUT2D eigenvalue weighted by atomic mass is 10.4. The van der Waals surface area contributed by atoms with Crippen LogP contribution in [0.1, 0.15) is 18.2 Å². The van der Waals surface area contributed by atoms with Crippen LogP contribution in [0.4, 0.5) is 10.8 Å². The predicted octanol–water partition coefficient (Wildman–Crippen LogP) is 2.08. The lowest BCUT2D eigenvalue weighted by molar-refractivity contribution is -0.385. The van der Waals surface area contributed by atoms with Gasteiger partial charge in [-0.05, 0) is 6.42 Å². The maximum absolute atomic E-state index is 11.7. The van der Waals surface area contributed by atoms with Crippen LogP contribution in [0.25, 0.3) is 0 Å². The van der Waals surface area contributed by atoms with Crippen LogP contribution in [0, 0.1) is 10.1 Å². The van der Waals surface area contributed by atoms with Crippen LogP contribution in [0.5, 0.6) is 0 Å². The molecule has 0 aliphatic rings. The van der Waals surface area contributed by atoms with Gasteiger partial charge >= 0.3 is 0 Å². The Morgan fingerprint density at radius 2 is 2.30 bits per heavy atom. The Morgan fingerprint density at radius 3 is 3.00 bits per heavy atom. The van der Waals surface area contributed by atoms with Gasteiger partial charge in [-0.3, -0.25) is 14.9 Å². The highest BCUT2D eigenvalue weighted by Crippen LogP contribution is 2.19. The average Bonchev–Trinajstić information content (AvgIpc) is 2.86. The first-order chi connectivity index (χ1) is 9.60. The van der Waals surface area contributed by atoms with E-state index in [2.05, 4.69) is 17.2 Å². The van der Waals surface area contributed by atoms with E-state index in [9.17, 15) is 14.9 Å². The molecule has 0 aliphatic carbocycles. The van der Waals surface area contributed by atoms with Crippen molar-refractivity contribution < 1.29 is 4.92 Å². The number of hydrogen-bond acceptors (Lipinski definition) is 6. The number of nitro groups is 1. The number of nitrogens with zero attached hydrogens (tertiary/aromatic N) is 3. The largest absolute Gasteiger partial charge is 0.362 e. The molecule has 7 nitrogen and oxygen atoms in total. The number of nitrogens with one attached hydrogen (secondary N) is 1. The fourth-order valence-electron chi connectivity index (χ4n) is 1.61. The minimum Gasteiger partial charge on any atom is -0.362 e. The van der Waals surface area contributed by atoms with Crippen LogP contribution in [0.3, 0.4) is 0 Å². The van der Waals surface area contributed by atoms with Crippen molar-refractivity contribution in [2.45, 2.75) is 19.9 Å². The van der Waals surface area contributed by atoms with Gasteiger partial charge in [0, 0.05) is 29.8 Å². The maximum Gasteiger partial charge on any atom is 0.285 e. The summed E-state index contributed by atoms with van der Waals surface area (Å²) in [4.78, 5) is 26.9. The first-order valence-electron chi connectivity index (χ1n) is 6.13. The Hall–Kier alpha value is -2.22. The fourth-order valence-corrected chi connectivity index (χ4v) is 2.45. The number of aromatic nitrogens is 2. The molecule has 0 fully saturated rings. The molecule has 2 heterocycles. The summed E-state index contributed by atoms with van der Waals surface area (Å²) in [5, 5.41) is 14.7. The SMILES string of the molecule is CCCNc1ncc(Cn2cc([N+](=O)[O-])ccc2=O)s1. The van der Waals surface area contributed by atoms with E-state index < -0.39 is 4.92 Å². The van der Waals surface area contributed by atoms with E-state index >= 15 is 0 Å². The Labute approximate surface area is 119 Å². The smallest absolute Gasteiger partial charge is 0.285 e. The molecule has 0 aliphatic heterocycles. The normalized spacial score (nSPS) is 10.4. The third-order valence-corrected chi connectivity index (χ3v) is 3.52. The second-order valence-corrected chi connectivity index (χ2v) is 5.28. The van der Waals surface area contributed by atoms with Gasteiger partial charge in [-0.2, -0.15) is 0 Å². The highest BCUT2D eigenvalue weighted by molar-refractivity contribution is 7.15. The highest BCUT2D eigenvalue weighted by Gasteiger charge is 2.09. The molecule has 0 saturated heterocycles. The topological polar surface area (TPSA) is 90.1 Å². The van der Waals surface area contributed by atoms with Gasteiger partial charge < -0.3 is 9.88 Å². The molecule has 20 heavy (non-hydrogen) atoms. The molecule has 0 atom stereocenters. The van der Waals surface area contributed by atoms with Gasteiger partial charge in [-0.15, -0.1) is 11.3 Å². The third kappa shape index (κ3) is 3.41. The first-order valence-corrected chi connectivity index (χ1v) is 6.95. The summed E-state index contributed by atoms with van der Waals surface area (Å²) in [5.74, 6) is 0. The Kier molecular flexibility index (Phi) is 4.46. The zero-order chi connectivity index (χ0) is 14.5. The number of thiazole rings is 1. The molecule has 0 spiro atoms. The summed E-state index contributed by atoms with van der Waals surface area (Å²) in [6.45, 7) is 3.18. The molecule has 1 N–H and O–H groups in total. The lowest BCUT2D eigenvalue weighted by Crippen LogP contribution is -2.18. The van der Waals surface area contributed by atoms with E-state index in [4.69, 9.17) is 0 Å². The van der Waals surface area contributed by atoms with Crippen molar-refractivity contribution in [3.8, 4) is 0 Å². The molecule has 0 radical (unpaired) electrons. The summed E-state index contributed by atoms with van der Waals surface area (Å²) >= 11 is 1.44. The van der Waals surface area contributed by atoms with Crippen LogP contribution >= 0.6 is 11.3 Å². The average molecular weight is 294 g/mol. The maximum atomic E-state index is 11.7. The number of pyridine rings is 1. The summed E-state index contributed by atoms with van der Waals surface area (Å²) in [7, 11) is 0. The monoisotopic (exact) mass is 294 g/mol. The van der Waals surface area contributed by atoms with Gasteiger partial charge in [-0.1, -0.05) is 6.92 Å². The molecule has 0 saturated carbocycles. The van der Waals surface area contributed by atoms with Gasteiger partial charge in [0.15, 0.2) is 5.13 Å². The molecule has 0 unspecified atom stereocenters. The molecular weight excluding hydrogens is 280 g/mol. The van der Waals surface area contributed by atoms with Gasteiger partial charge in [0.2, 0.25) is 0 Å². The van der Waals surface area contributed by atoms with Gasteiger partial charge in [0.05, 0.1) is 17.7 Å². The van der Waals surface area contributed by atoms with Crippen molar-refractivity contribution in [1.82, 2.24) is 9.55 Å². The summed E-state index contributed by atoms with van der Waals surface area (Å²) in [5.41, 5.74) is -0.370. The van der Waals surface area contributed by atoms with Crippen LogP contribution in [-0.4, -0.2) is 21.0 Å². The van der Waals surface area contributed by atoms with E-state index in [1.54, 1.807) is 6.20 Å². The Balaban J connectivity index is 2.17. The second kappa shape index (κ2) is 6.29. The standard InChI is InChI=1S/C12H14N4O3S/c1-2-5-13-12-14-6-10(20-12)8-15-7-9(16(18)19)3-4-11(15)17/h3-4,6-7H,2,5,8H2,1H3,(H,13,14). The highest BCUT2D eigenvalue weighted by atomic mass is 32.1. The quantitative estimate of drug-likeness (QED) is 0.650. The summed E-state index contributed by atoms with van der Waals surface area (Å²) < 4.78 is 1.31. The molecule has 2 rings (SSSR count). The molecule has 0 bridgehead atoms. The molecule has 0 amide bonds. The summed E-state index contributed by atoms with van der Waals surface area (Å²) in [6, 6.07) is 2.41. The molecule has 2 aromatic rings. The molecule has 2 aromatic heterocycles. The summed E-state index contributed by atoms with van der Waals surface area (Å²) in [6.07, 6.45) is 3.92. The number of anilines is 1. The van der Waals surface area contributed by atoms with E-state index in [0.717, 1.165) is 23.0 Å². The predicted molar refractivity (Wildman–Crippen MR) is 77.4 cm³/mol. The Bertz CT molecular complexity index is 665. The van der Waals surface area contributed by atoms with Gasteiger partial charge in [0.1, 0.15) is 0 Å². The van der Waals surface area contributed by atoms with Crippen molar-refractivity contribution in [2.24, 2.45) is 0 Å². The molecule has 106 valence electrons. The number of hydrogen-bond donors (Lipinski definition) is 1. The zero-order valence-corrected chi connectivity index (χ0v) is 11.7. The molecular formula is C12H14N4O3S. The van der Waals surface area contributed by atoms with E-state index in [-0.39, 0.29) is 17.8 Å². The molecule has 0 aromatic carbocycles. The molecule has 8 heteroatoms. The number of rotatable bonds is 6. The van der Waals surface area contributed by atoms with Crippen molar-refractivity contribution in [3.05, 3.63) is 49.9 Å². The minimum atomic E-state index is -0.517. The van der Waals surface area contributed by atoms with Crippen LogP contribution < -0.4 is 10.9 Å². The van der Waals surface area contributed by atoms with Crippen molar-refractivity contribution >= 4 is 22.2 Å². The van der Waals surface area contributed by atoms with Crippen molar-refractivity contribution in [1.29, 1.82) is 0 Å².